The van der Waals surface area contributed by atoms with Gasteiger partial charge in [-0.05, 0) is 30.5 Å². The molecule has 152 valence electrons. The lowest BCUT2D eigenvalue weighted by Crippen LogP contribution is -2.61. The number of piperazine rings is 1. The van der Waals surface area contributed by atoms with Crippen molar-refractivity contribution in [2.45, 2.75) is 43.6 Å². The Labute approximate surface area is 163 Å². The van der Waals surface area contributed by atoms with Crippen molar-refractivity contribution in [2.24, 2.45) is 0 Å². The van der Waals surface area contributed by atoms with E-state index >= 15 is 0 Å². The van der Waals surface area contributed by atoms with Crippen molar-refractivity contribution in [3.63, 3.8) is 0 Å². The van der Waals surface area contributed by atoms with Crippen LogP contribution in [0.3, 0.4) is 0 Å². The van der Waals surface area contributed by atoms with E-state index in [4.69, 9.17) is 9.47 Å². The number of benzene rings is 1. The molecular weight excluding hydrogens is 364 g/mol. The van der Waals surface area contributed by atoms with E-state index in [2.05, 4.69) is 5.32 Å². The Kier molecular flexibility index (Phi) is 5.76. The minimum atomic E-state index is -1.11. The van der Waals surface area contributed by atoms with Gasteiger partial charge in [-0.1, -0.05) is 18.9 Å². The second-order valence-electron chi connectivity index (χ2n) is 7.26. The van der Waals surface area contributed by atoms with Crippen LogP contribution in [0.5, 0.6) is 11.5 Å². The van der Waals surface area contributed by atoms with Gasteiger partial charge in [-0.15, -0.1) is 0 Å². The summed E-state index contributed by atoms with van der Waals surface area (Å²) in [5.74, 6) is -0.585. The predicted octanol–water partition coefficient (Wildman–Crippen LogP) is 1.32. The van der Waals surface area contributed by atoms with E-state index in [-0.39, 0.29) is 5.91 Å². The van der Waals surface area contributed by atoms with Crippen LogP contribution in [0.1, 0.15) is 37.7 Å². The van der Waals surface area contributed by atoms with Crippen LogP contribution in [0, 0.1) is 0 Å². The zero-order valence-electron chi connectivity index (χ0n) is 16.2. The van der Waals surface area contributed by atoms with E-state index in [0.717, 1.165) is 18.4 Å². The maximum Gasteiger partial charge on any atom is 0.305 e. The summed E-state index contributed by atoms with van der Waals surface area (Å²) in [6.07, 6.45) is 2.69. The molecule has 1 saturated carbocycles. The number of carbonyl (C=O) groups excluding carboxylic acids is 2. The molecule has 0 unspecified atom stereocenters. The molecule has 2 aliphatic rings. The average Bonchev–Trinajstić information content (AvgIpc) is 3.19. The van der Waals surface area contributed by atoms with Crippen molar-refractivity contribution < 1.29 is 29.0 Å². The molecule has 1 aliphatic heterocycles. The van der Waals surface area contributed by atoms with Crippen molar-refractivity contribution in [1.29, 1.82) is 0 Å². The first-order chi connectivity index (χ1) is 13.4. The number of hydrogen-bond acceptors (Lipinski definition) is 5. The first-order valence-electron chi connectivity index (χ1n) is 9.46. The summed E-state index contributed by atoms with van der Waals surface area (Å²) < 4.78 is 10.7. The number of methoxy groups -OCH3 is 2. The fraction of sp³-hybridized carbons (Fsp3) is 0.550. The summed E-state index contributed by atoms with van der Waals surface area (Å²) >= 11 is 0. The highest BCUT2D eigenvalue weighted by atomic mass is 16.5. The number of ether oxygens (including phenoxy) is 2. The number of rotatable bonds is 6. The molecule has 1 saturated heterocycles. The molecule has 8 nitrogen and oxygen atoms in total. The highest BCUT2D eigenvalue weighted by Gasteiger charge is 2.48. The molecule has 3 rings (SSSR count). The predicted molar refractivity (Wildman–Crippen MR) is 100 cm³/mol. The molecule has 0 bridgehead atoms. The molecule has 0 radical (unpaired) electrons. The van der Waals surface area contributed by atoms with Gasteiger partial charge in [0.25, 0.3) is 0 Å². The smallest absolute Gasteiger partial charge is 0.305 e. The Morgan fingerprint density at radius 2 is 1.89 bits per heavy atom. The number of nitrogens with zero attached hydrogens (tertiary/aromatic N) is 1. The number of carboxylic acid groups (broad SMARTS) is 1. The van der Waals surface area contributed by atoms with Crippen LogP contribution in [0.25, 0.3) is 0 Å². The Morgan fingerprint density at radius 1 is 1.21 bits per heavy atom. The number of carbonyl (C=O) groups is 3. The number of carboxylic acids is 1. The molecule has 1 aromatic carbocycles. The van der Waals surface area contributed by atoms with Gasteiger partial charge in [0.15, 0.2) is 11.5 Å². The summed E-state index contributed by atoms with van der Waals surface area (Å²) in [5, 5.41) is 11.9. The van der Waals surface area contributed by atoms with Crippen molar-refractivity contribution >= 4 is 17.8 Å². The lowest BCUT2D eigenvalue weighted by atomic mass is 9.76. The third-order valence-corrected chi connectivity index (χ3v) is 5.76. The zero-order chi connectivity index (χ0) is 20.3. The second kappa shape index (κ2) is 8.08. The summed E-state index contributed by atoms with van der Waals surface area (Å²) in [4.78, 5) is 38.7. The molecule has 0 aromatic heterocycles. The zero-order valence-corrected chi connectivity index (χ0v) is 16.2. The van der Waals surface area contributed by atoms with E-state index in [9.17, 15) is 19.5 Å². The molecule has 2 N–H and O–H groups in total. The molecule has 1 aliphatic carbocycles. The van der Waals surface area contributed by atoms with E-state index in [1.54, 1.807) is 20.3 Å². The molecule has 0 spiro atoms. The van der Waals surface area contributed by atoms with Gasteiger partial charge < -0.3 is 24.8 Å². The molecule has 2 amide bonds. The van der Waals surface area contributed by atoms with Crippen LogP contribution in [-0.4, -0.2) is 61.1 Å². The lowest BCUT2D eigenvalue weighted by Gasteiger charge is -2.40. The monoisotopic (exact) mass is 390 g/mol. The summed E-state index contributed by atoms with van der Waals surface area (Å²) in [5.41, 5.74) is 0.0289. The van der Waals surface area contributed by atoms with Gasteiger partial charge in [0.2, 0.25) is 11.8 Å². The van der Waals surface area contributed by atoms with Gasteiger partial charge in [-0.3, -0.25) is 14.4 Å². The van der Waals surface area contributed by atoms with Crippen LogP contribution < -0.4 is 14.8 Å². The van der Waals surface area contributed by atoms with Crippen molar-refractivity contribution in [3.8, 4) is 11.5 Å². The van der Waals surface area contributed by atoms with E-state index < -0.39 is 29.8 Å². The van der Waals surface area contributed by atoms with E-state index in [0.29, 0.717) is 37.4 Å². The summed E-state index contributed by atoms with van der Waals surface area (Å²) in [6.45, 7) is 0.625. The maximum absolute atomic E-state index is 13.7. The van der Waals surface area contributed by atoms with E-state index in [1.165, 1.54) is 4.90 Å². The van der Waals surface area contributed by atoms with Gasteiger partial charge >= 0.3 is 5.97 Å². The lowest BCUT2D eigenvalue weighted by molar-refractivity contribution is -0.151. The van der Waals surface area contributed by atoms with E-state index in [1.807, 2.05) is 12.1 Å². The van der Waals surface area contributed by atoms with Gasteiger partial charge in [-0.25, -0.2) is 0 Å². The van der Waals surface area contributed by atoms with Crippen molar-refractivity contribution in [2.75, 3.05) is 27.3 Å². The minimum absolute atomic E-state index is 0.182. The quantitative estimate of drug-likeness (QED) is 0.759. The molecule has 1 aromatic rings. The first kappa shape index (κ1) is 20.0. The highest BCUT2D eigenvalue weighted by molar-refractivity contribution is 5.96. The highest BCUT2D eigenvalue weighted by Crippen LogP contribution is 2.45. The normalized spacial score (nSPS) is 21.1. The molecule has 2 fully saturated rings. The topological polar surface area (TPSA) is 105 Å². The second-order valence-corrected chi connectivity index (χ2v) is 7.26. The molecule has 8 heteroatoms. The number of nitrogens with one attached hydrogen (secondary N) is 1. The number of hydrogen-bond donors (Lipinski definition) is 2. The van der Waals surface area contributed by atoms with Crippen LogP contribution >= 0.6 is 0 Å². The van der Waals surface area contributed by atoms with Crippen molar-refractivity contribution in [3.05, 3.63) is 23.8 Å². The van der Waals surface area contributed by atoms with Gasteiger partial charge in [0, 0.05) is 13.1 Å². The summed E-state index contributed by atoms with van der Waals surface area (Å²) in [6, 6.07) is 4.47. The fourth-order valence-electron chi connectivity index (χ4n) is 4.34. The SMILES string of the molecule is COc1ccc(C2(C(=O)N3CCNC(=O)[C@@H]3CC(=O)O)CCCC2)cc1OC. The van der Waals surface area contributed by atoms with Crippen LogP contribution in [0.2, 0.25) is 0 Å². The van der Waals surface area contributed by atoms with Gasteiger partial charge in [-0.2, -0.15) is 0 Å². The third kappa shape index (κ3) is 3.50. The summed E-state index contributed by atoms with van der Waals surface area (Å²) in [7, 11) is 3.10. The maximum atomic E-state index is 13.7. The molecule has 1 atom stereocenters. The Bertz CT molecular complexity index is 772. The Hall–Kier alpha value is -2.77. The van der Waals surface area contributed by atoms with Gasteiger partial charge in [0.1, 0.15) is 6.04 Å². The Morgan fingerprint density at radius 3 is 2.50 bits per heavy atom. The average molecular weight is 390 g/mol. The minimum Gasteiger partial charge on any atom is -0.493 e. The molecule has 1 heterocycles. The Balaban J connectivity index is 2.00. The largest absolute Gasteiger partial charge is 0.493 e. The third-order valence-electron chi connectivity index (χ3n) is 5.76. The van der Waals surface area contributed by atoms with Crippen LogP contribution in [0.4, 0.5) is 0 Å². The first-order valence-corrected chi connectivity index (χ1v) is 9.46. The number of aliphatic carboxylic acids is 1. The molecule has 28 heavy (non-hydrogen) atoms. The van der Waals surface area contributed by atoms with Crippen LogP contribution in [0.15, 0.2) is 18.2 Å². The number of amides is 2. The fourth-order valence-corrected chi connectivity index (χ4v) is 4.34. The van der Waals surface area contributed by atoms with Gasteiger partial charge in [0.05, 0.1) is 26.1 Å². The van der Waals surface area contributed by atoms with Crippen LogP contribution in [-0.2, 0) is 19.8 Å². The standard InChI is InChI=1S/C20H26N2O6/c1-27-15-6-5-13(11-16(15)28-2)20(7-3-4-8-20)19(26)22-10-9-21-18(25)14(22)12-17(23)24/h5-6,11,14H,3-4,7-10,12H2,1-2H3,(H,21,25)(H,23,24)/t14-/m0/s1. The van der Waals surface area contributed by atoms with Crippen molar-refractivity contribution in [1.82, 2.24) is 10.2 Å². The molecular formula is C20H26N2O6.